The van der Waals surface area contributed by atoms with E-state index >= 15 is 0 Å². The third kappa shape index (κ3) is 4.62. The number of rotatable bonds is 9. The van der Waals surface area contributed by atoms with Crippen LogP contribution in [0.2, 0.25) is 0 Å². The summed E-state index contributed by atoms with van der Waals surface area (Å²) in [6.07, 6.45) is 7.93. The second kappa shape index (κ2) is 9.08. The summed E-state index contributed by atoms with van der Waals surface area (Å²) < 4.78 is 1.70. The predicted octanol–water partition coefficient (Wildman–Crippen LogP) is 4.34. The summed E-state index contributed by atoms with van der Waals surface area (Å²) in [5, 5.41) is 17.5. The van der Waals surface area contributed by atoms with E-state index in [2.05, 4.69) is 25.9 Å². The van der Waals surface area contributed by atoms with E-state index in [9.17, 15) is 9.59 Å². The van der Waals surface area contributed by atoms with Gasteiger partial charge in [-0.2, -0.15) is 10.2 Å². The van der Waals surface area contributed by atoms with Crippen LogP contribution in [0.4, 0.5) is 5.69 Å². The molecule has 178 valence electrons. The van der Waals surface area contributed by atoms with Crippen LogP contribution < -0.4 is 10.6 Å². The SMILES string of the molecule is Cc1cn[nH]c1-c1ccc(NC(=O)[C@@H](NC(=O)c2ccnn2C(C)C)C(C2CC2)C2CC2)cc1. The van der Waals surface area contributed by atoms with Crippen LogP contribution in [-0.4, -0.2) is 37.8 Å². The number of carbonyl (C=O) groups is 2. The van der Waals surface area contributed by atoms with Gasteiger partial charge in [0.25, 0.3) is 5.91 Å². The van der Waals surface area contributed by atoms with Gasteiger partial charge in [0, 0.05) is 17.9 Å². The highest BCUT2D eigenvalue weighted by molar-refractivity contribution is 6.01. The normalized spacial score (nSPS) is 16.6. The maximum atomic E-state index is 13.5. The van der Waals surface area contributed by atoms with Gasteiger partial charge in [-0.15, -0.1) is 0 Å². The van der Waals surface area contributed by atoms with Crippen LogP contribution in [-0.2, 0) is 4.79 Å². The van der Waals surface area contributed by atoms with E-state index in [1.165, 1.54) is 0 Å². The summed E-state index contributed by atoms with van der Waals surface area (Å²) in [7, 11) is 0. The van der Waals surface area contributed by atoms with Crippen molar-refractivity contribution in [2.45, 2.75) is 58.5 Å². The molecule has 0 aliphatic heterocycles. The molecule has 0 radical (unpaired) electrons. The number of nitrogens with zero attached hydrogens (tertiary/aromatic N) is 3. The monoisotopic (exact) mass is 460 g/mol. The summed E-state index contributed by atoms with van der Waals surface area (Å²) in [4.78, 5) is 26.8. The lowest BCUT2D eigenvalue weighted by Crippen LogP contribution is -2.50. The fourth-order valence-corrected chi connectivity index (χ4v) is 4.93. The van der Waals surface area contributed by atoms with Gasteiger partial charge >= 0.3 is 0 Å². The molecular formula is C26H32N6O2. The molecule has 8 nitrogen and oxygen atoms in total. The predicted molar refractivity (Wildman–Crippen MR) is 130 cm³/mol. The summed E-state index contributed by atoms with van der Waals surface area (Å²) in [5.74, 6) is 0.779. The number of aryl methyl sites for hydroxylation is 1. The average molecular weight is 461 g/mol. The van der Waals surface area contributed by atoms with Crippen molar-refractivity contribution in [1.29, 1.82) is 0 Å². The number of anilines is 1. The summed E-state index contributed by atoms with van der Waals surface area (Å²) in [5.41, 5.74) is 4.23. The Bertz CT molecular complexity index is 1160. The maximum absolute atomic E-state index is 13.5. The number of nitrogens with one attached hydrogen (secondary N) is 3. The number of hydrogen-bond acceptors (Lipinski definition) is 4. The summed E-state index contributed by atoms with van der Waals surface area (Å²) in [6, 6.07) is 8.91. The molecule has 0 unspecified atom stereocenters. The minimum absolute atomic E-state index is 0.0581. The molecule has 2 heterocycles. The van der Waals surface area contributed by atoms with Gasteiger partial charge in [-0.25, -0.2) is 0 Å². The molecule has 34 heavy (non-hydrogen) atoms. The van der Waals surface area contributed by atoms with E-state index in [4.69, 9.17) is 0 Å². The highest BCUT2D eigenvalue weighted by atomic mass is 16.2. The zero-order chi connectivity index (χ0) is 23.8. The van der Waals surface area contributed by atoms with Gasteiger partial charge in [-0.3, -0.25) is 19.4 Å². The first kappa shape index (κ1) is 22.4. The van der Waals surface area contributed by atoms with Crippen molar-refractivity contribution in [2.24, 2.45) is 17.8 Å². The van der Waals surface area contributed by atoms with Crippen molar-refractivity contribution in [3.8, 4) is 11.3 Å². The van der Waals surface area contributed by atoms with Crippen LogP contribution in [0.15, 0.2) is 42.7 Å². The molecule has 2 aliphatic rings. The van der Waals surface area contributed by atoms with E-state index in [0.717, 1.165) is 42.5 Å². The first-order valence-corrected chi connectivity index (χ1v) is 12.2. The lowest BCUT2D eigenvalue weighted by molar-refractivity contribution is -0.119. The van der Waals surface area contributed by atoms with Crippen LogP contribution in [0.5, 0.6) is 0 Å². The standard InChI is InChI=1S/C26H32N6O2/c1-15(2)32-21(12-13-28-32)25(33)30-24(22(17-4-5-17)18-6-7-18)26(34)29-20-10-8-19(9-11-20)23-16(3)14-27-31-23/h8-15,17-18,22,24H,4-7H2,1-3H3,(H,27,31)(H,29,34)(H,30,33)/t24-/m0/s1. The fraction of sp³-hybridized carbons (Fsp3) is 0.462. The first-order valence-electron chi connectivity index (χ1n) is 12.2. The lowest BCUT2D eigenvalue weighted by Gasteiger charge is -2.27. The number of hydrogen-bond donors (Lipinski definition) is 3. The Morgan fingerprint density at radius 3 is 2.29 bits per heavy atom. The Kier molecular flexibility index (Phi) is 5.98. The van der Waals surface area contributed by atoms with Crippen molar-refractivity contribution in [3.05, 3.63) is 54.0 Å². The molecule has 3 aromatic rings. The zero-order valence-corrected chi connectivity index (χ0v) is 19.9. The Labute approximate surface area is 199 Å². The fourth-order valence-electron chi connectivity index (χ4n) is 4.93. The van der Waals surface area contributed by atoms with Crippen LogP contribution in [0.25, 0.3) is 11.3 Å². The van der Waals surface area contributed by atoms with Crippen LogP contribution in [0, 0.1) is 24.7 Å². The molecule has 1 aromatic carbocycles. The van der Waals surface area contributed by atoms with Gasteiger partial charge in [0.05, 0.1) is 11.9 Å². The van der Waals surface area contributed by atoms with E-state index < -0.39 is 6.04 Å². The van der Waals surface area contributed by atoms with Crippen LogP contribution >= 0.6 is 0 Å². The van der Waals surface area contributed by atoms with Gasteiger partial charge in [0.15, 0.2) is 0 Å². The third-order valence-electron chi connectivity index (χ3n) is 6.95. The summed E-state index contributed by atoms with van der Waals surface area (Å²) in [6.45, 7) is 5.97. The Balaban J connectivity index is 1.35. The summed E-state index contributed by atoms with van der Waals surface area (Å²) >= 11 is 0. The van der Waals surface area contributed by atoms with Crippen molar-refractivity contribution in [3.63, 3.8) is 0 Å². The van der Waals surface area contributed by atoms with Gasteiger partial charge in [-0.1, -0.05) is 12.1 Å². The molecule has 2 aliphatic carbocycles. The van der Waals surface area contributed by atoms with Gasteiger partial charge < -0.3 is 10.6 Å². The van der Waals surface area contributed by atoms with Gasteiger partial charge in [0.1, 0.15) is 11.7 Å². The third-order valence-corrected chi connectivity index (χ3v) is 6.95. The van der Waals surface area contributed by atoms with Crippen molar-refractivity contribution >= 4 is 17.5 Å². The highest BCUT2D eigenvalue weighted by Gasteiger charge is 2.48. The quantitative estimate of drug-likeness (QED) is 0.442. The Morgan fingerprint density at radius 2 is 1.74 bits per heavy atom. The van der Waals surface area contributed by atoms with E-state index in [1.54, 1.807) is 23.1 Å². The minimum atomic E-state index is -0.572. The van der Waals surface area contributed by atoms with E-state index in [0.29, 0.717) is 23.2 Å². The number of carbonyl (C=O) groups excluding carboxylic acids is 2. The molecule has 2 fully saturated rings. The molecule has 5 rings (SSSR count). The highest BCUT2D eigenvalue weighted by Crippen LogP contribution is 2.51. The minimum Gasteiger partial charge on any atom is -0.339 e. The van der Waals surface area contributed by atoms with Crippen LogP contribution in [0.3, 0.4) is 0 Å². The zero-order valence-electron chi connectivity index (χ0n) is 19.9. The van der Waals surface area contributed by atoms with E-state index in [-0.39, 0.29) is 23.8 Å². The van der Waals surface area contributed by atoms with E-state index in [1.807, 2.05) is 45.0 Å². The number of amides is 2. The number of aromatic nitrogens is 4. The lowest BCUT2D eigenvalue weighted by atomic mass is 9.88. The molecule has 3 N–H and O–H groups in total. The van der Waals surface area contributed by atoms with Gasteiger partial charge in [0.2, 0.25) is 5.91 Å². The Hall–Kier alpha value is -3.42. The topological polar surface area (TPSA) is 105 Å². The van der Waals surface area contributed by atoms with Crippen molar-refractivity contribution in [1.82, 2.24) is 25.3 Å². The second-order valence-electron chi connectivity index (χ2n) is 9.95. The first-order chi connectivity index (χ1) is 16.4. The number of aromatic amines is 1. The molecule has 0 bridgehead atoms. The van der Waals surface area contributed by atoms with Crippen molar-refractivity contribution < 1.29 is 9.59 Å². The maximum Gasteiger partial charge on any atom is 0.270 e. The molecule has 2 saturated carbocycles. The molecule has 0 spiro atoms. The molecular weight excluding hydrogens is 428 g/mol. The molecule has 0 saturated heterocycles. The second-order valence-corrected chi connectivity index (χ2v) is 9.95. The molecule has 2 aromatic heterocycles. The number of benzene rings is 1. The smallest absolute Gasteiger partial charge is 0.270 e. The largest absolute Gasteiger partial charge is 0.339 e. The van der Waals surface area contributed by atoms with Crippen molar-refractivity contribution in [2.75, 3.05) is 5.32 Å². The molecule has 2 amide bonds. The average Bonchev–Trinajstić information content (AvgIpc) is 3.74. The van der Waals surface area contributed by atoms with Crippen LogP contribution in [0.1, 0.15) is 61.6 Å². The molecule has 1 atom stereocenters. The van der Waals surface area contributed by atoms with Gasteiger partial charge in [-0.05, 0) is 93.5 Å². The number of H-pyrrole nitrogens is 1. The Morgan fingerprint density at radius 1 is 1.06 bits per heavy atom. The molecule has 8 heteroatoms.